The fraction of sp³-hybridized carbons (Fsp3) is 0.300. The average Bonchev–Trinajstić information content (AvgIpc) is 2.70. The second-order valence-electron chi connectivity index (χ2n) is 7.09. The highest BCUT2D eigenvalue weighted by molar-refractivity contribution is 5.92. The monoisotopic (exact) mass is 399 g/mol. The average molecular weight is 399 g/mol. The molecule has 2 aromatic heterocycles. The summed E-state index contributed by atoms with van der Waals surface area (Å²) in [5.74, 6) is -3.06. The van der Waals surface area contributed by atoms with Gasteiger partial charge in [0.15, 0.2) is 0 Å². The number of hydrogen-bond acceptors (Lipinski definition) is 6. The second-order valence-corrected chi connectivity index (χ2v) is 7.09. The van der Waals surface area contributed by atoms with Gasteiger partial charge in [0.1, 0.15) is 17.4 Å². The van der Waals surface area contributed by atoms with E-state index in [2.05, 4.69) is 15.3 Å². The van der Waals surface area contributed by atoms with Crippen LogP contribution in [-0.4, -0.2) is 44.8 Å². The third-order valence-corrected chi connectivity index (χ3v) is 5.05. The number of likely N-dealkylation sites (tertiary alicyclic amines) is 1. The summed E-state index contributed by atoms with van der Waals surface area (Å²) in [5, 5.41) is 14.2. The standard InChI is InChI=1S/C20H19F2N5O2/c21-20(22)13-26(12-14-5-2-1-3-6-14)10-8-17(20)25-19-16(27(28)29)11-24-15-7-4-9-23-18(15)19/h1-7,9,11,17H,8,10,12-13H2,(H,24,25). The van der Waals surface area contributed by atoms with Gasteiger partial charge in [0.25, 0.3) is 5.92 Å². The van der Waals surface area contributed by atoms with Gasteiger partial charge in [-0.05, 0) is 24.1 Å². The molecule has 0 spiro atoms. The molecule has 1 fully saturated rings. The van der Waals surface area contributed by atoms with Crippen LogP contribution in [0.15, 0.2) is 54.9 Å². The summed E-state index contributed by atoms with van der Waals surface area (Å²) in [6.45, 7) is 0.458. The van der Waals surface area contributed by atoms with Crippen molar-refractivity contribution < 1.29 is 13.7 Å². The molecule has 0 radical (unpaired) electrons. The first-order valence-electron chi connectivity index (χ1n) is 9.23. The van der Waals surface area contributed by atoms with Crippen LogP contribution in [0.25, 0.3) is 11.0 Å². The normalized spacial score (nSPS) is 19.2. The molecule has 29 heavy (non-hydrogen) atoms. The lowest BCUT2D eigenvalue weighted by Crippen LogP contribution is -2.54. The van der Waals surface area contributed by atoms with Crippen molar-refractivity contribution in [2.75, 3.05) is 18.4 Å². The third-order valence-electron chi connectivity index (χ3n) is 5.05. The molecular formula is C20H19F2N5O2. The SMILES string of the molecule is O=[N+]([O-])c1cnc2cccnc2c1NC1CCN(Cc2ccccc2)CC1(F)F. The van der Waals surface area contributed by atoms with Gasteiger partial charge in [-0.2, -0.15) is 0 Å². The topological polar surface area (TPSA) is 84.2 Å². The molecule has 3 heterocycles. The number of piperidine rings is 1. The summed E-state index contributed by atoms with van der Waals surface area (Å²) in [4.78, 5) is 20.6. The maximum atomic E-state index is 14.9. The molecule has 0 bridgehead atoms. The number of nitrogens with zero attached hydrogens (tertiary/aromatic N) is 4. The van der Waals surface area contributed by atoms with Crippen LogP contribution in [-0.2, 0) is 6.54 Å². The van der Waals surface area contributed by atoms with E-state index >= 15 is 0 Å². The van der Waals surface area contributed by atoms with Crippen LogP contribution in [0.1, 0.15) is 12.0 Å². The third kappa shape index (κ3) is 4.00. The highest BCUT2D eigenvalue weighted by atomic mass is 19.3. The predicted molar refractivity (Wildman–Crippen MR) is 105 cm³/mol. The van der Waals surface area contributed by atoms with Crippen molar-refractivity contribution in [3.63, 3.8) is 0 Å². The van der Waals surface area contributed by atoms with E-state index in [4.69, 9.17) is 0 Å². The minimum absolute atomic E-state index is 0.0122. The van der Waals surface area contributed by atoms with E-state index in [0.29, 0.717) is 18.6 Å². The number of anilines is 1. The number of halogens is 2. The smallest absolute Gasteiger partial charge is 0.312 e. The summed E-state index contributed by atoms with van der Waals surface area (Å²) in [5.41, 5.74) is 1.21. The zero-order valence-corrected chi connectivity index (χ0v) is 15.5. The van der Waals surface area contributed by atoms with Crippen molar-refractivity contribution in [3.8, 4) is 0 Å². The Morgan fingerprint density at radius 2 is 2.00 bits per heavy atom. The van der Waals surface area contributed by atoms with E-state index in [1.165, 1.54) is 6.20 Å². The van der Waals surface area contributed by atoms with Gasteiger partial charge in [-0.15, -0.1) is 0 Å². The van der Waals surface area contributed by atoms with Crippen LogP contribution >= 0.6 is 0 Å². The molecule has 0 aliphatic carbocycles. The number of fused-ring (bicyclic) bond motifs is 1. The van der Waals surface area contributed by atoms with Gasteiger partial charge in [-0.1, -0.05) is 30.3 Å². The lowest BCUT2D eigenvalue weighted by molar-refractivity contribution is -0.384. The summed E-state index contributed by atoms with van der Waals surface area (Å²) in [7, 11) is 0. The Bertz CT molecular complexity index is 1030. The van der Waals surface area contributed by atoms with Crippen LogP contribution < -0.4 is 5.32 Å². The van der Waals surface area contributed by atoms with E-state index in [-0.39, 0.29) is 23.3 Å². The highest BCUT2D eigenvalue weighted by Crippen LogP contribution is 2.36. The van der Waals surface area contributed by atoms with Crippen molar-refractivity contribution >= 4 is 22.4 Å². The van der Waals surface area contributed by atoms with Gasteiger partial charge < -0.3 is 5.32 Å². The fourth-order valence-electron chi connectivity index (χ4n) is 3.63. The zero-order valence-electron chi connectivity index (χ0n) is 15.5. The first kappa shape index (κ1) is 19.1. The maximum absolute atomic E-state index is 14.9. The van der Waals surface area contributed by atoms with Gasteiger partial charge in [0.05, 0.1) is 23.0 Å². The predicted octanol–water partition coefficient (Wildman–Crippen LogP) is 3.86. The van der Waals surface area contributed by atoms with Gasteiger partial charge >= 0.3 is 5.69 Å². The molecule has 1 N–H and O–H groups in total. The summed E-state index contributed by atoms with van der Waals surface area (Å²) >= 11 is 0. The molecule has 3 aromatic rings. The second kappa shape index (κ2) is 7.67. The van der Waals surface area contributed by atoms with E-state index in [0.717, 1.165) is 11.8 Å². The lowest BCUT2D eigenvalue weighted by atomic mass is 9.99. The maximum Gasteiger partial charge on any atom is 0.312 e. The molecule has 1 aliphatic rings. The largest absolute Gasteiger partial charge is 0.369 e. The molecule has 7 nitrogen and oxygen atoms in total. The number of pyridine rings is 2. The Hall–Kier alpha value is -3.20. The molecular weight excluding hydrogens is 380 g/mol. The van der Waals surface area contributed by atoms with Crippen molar-refractivity contribution in [2.24, 2.45) is 0 Å². The van der Waals surface area contributed by atoms with E-state index in [9.17, 15) is 18.9 Å². The molecule has 0 amide bonds. The number of aromatic nitrogens is 2. The Labute approximate surface area is 165 Å². The highest BCUT2D eigenvalue weighted by Gasteiger charge is 2.45. The number of rotatable bonds is 5. The molecule has 1 aliphatic heterocycles. The van der Waals surface area contributed by atoms with Crippen molar-refractivity contribution in [3.05, 3.63) is 70.5 Å². The molecule has 1 saturated heterocycles. The molecule has 9 heteroatoms. The lowest BCUT2D eigenvalue weighted by Gasteiger charge is -2.39. The van der Waals surface area contributed by atoms with Gasteiger partial charge in [0, 0.05) is 19.3 Å². The van der Waals surface area contributed by atoms with Crippen molar-refractivity contribution in [1.82, 2.24) is 14.9 Å². The molecule has 150 valence electrons. The Kier molecular flexibility index (Phi) is 5.06. The summed E-state index contributed by atoms with van der Waals surface area (Å²) in [6.07, 6.45) is 2.68. The van der Waals surface area contributed by atoms with Crippen LogP contribution in [0.3, 0.4) is 0 Å². The number of nitro groups is 1. The number of benzene rings is 1. The number of alkyl halides is 2. The zero-order chi connectivity index (χ0) is 20.4. The summed E-state index contributed by atoms with van der Waals surface area (Å²) in [6, 6.07) is 11.5. The molecule has 4 rings (SSSR count). The van der Waals surface area contributed by atoms with E-state index < -0.39 is 23.4 Å². The van der Waals surface area contributed by atoms with E-state index in [1.54, 1.807) is 17.0 Å². The van der Waals surface area contributed by atoms with Crippen LogP contribution in [0.5, 0.6) is 0 Å². The molecule has 0 saturated carbocycles. The first-order chi connectivity index (χ1) is 13.9. The van der Waals surface area contributed by atoms with Crippen molar-refractivity contribution in [2.45, 2.75) is 24.9 Å². The molecule has 1 aromatic carbocycles. The van der Waals surface area contributed by atoms with Gasteiger partial charge in [-0.25, -0.2) is 13.8 Å². The van der Waals surface area contributed by atoms with Crippen LogP contribution in [0, 0.1) is 10.1 Å². The van der Waals surface area contributed by atoms with Crippen LogP contribution in [0.4, 0.5) is 20.2 Å². The van der Waals surface area contributed by atoms with Gasteiger partial charge in [0.2, 0.25) is 0 Å². The van der Waals surface area contributed by atoms with Crippen LogP contribution in [0.2, 0.25) is 0 Å². The number of nitrogens with one attached hydrogen (secondary N) is 1. The van der Waals surface area contributed by atoms with Gasteiger partial charge in [-0.3, -0.25) is 20.0 Å². The molecule has 1 atom stereocenters. The minimum Gasteiger partial charge on any atom is -0.369 e. The Balaban J connectivity index is 1.57. The Morgan fingerprint density at radius 1 is 1.21 bits per heavy atom. The van der Waals surface area contributed by atoms with Crippen molar-refractivity contribution in [1.29, 1.82) is 0 Å². The minimum atomic E-state index is -3.06. The fourth-order valence-corrected chi connectivity index (χ4v) is 3.63. The first-order valence-corrected chi connectivity index (χ1v) is 9.23. The summed E-state index contributed by atoms with van der Waals surface area (Å²) < 4.78 is 29.9. The number of hydrogen-bond donors (Lipinski definition) is 1. The molecule has 1 unspecified atom stereocenters. The quantitative estimate of drug-likeness (QED) is 0.518. The van der Waals surface area contributed by atoms with E-state index in [1.807, 2.05) is 30.3 Å². The Morgan fingerprint density at radius 3 is 2.72 bits per heavy atom.